The van der Waals surface area contributed by atoms with E-state index < -0.39 is 0 Å². The van der Waals surface area contributed by atoms with Gasteiger partial charge in [0.05, 0.1) is 6.20 Å². The summed E-state index contributed by atoms with van der Waals surface area (Å²) in [5.41, 5.74) is 1.15. The summed E-state index contributed by atoms with van der Waals surface area (Å²) in [6.07, 6.45) is 1.68. The van der Waals surface area contributed by atoms with Crippen LogP contribution in [-0.4, -0.2) is 45.8 Å². The molecule has 0 spiro atoms. The zero-order valence-electron chi connectivity index (χ0n) is 15.6. The van der Waals surface area contributed by atoms with Crippen LogP contribution in [0.2, 0.25) is 0 Å². The number of aromatic nitrogens is 3. The second kappa shape index (κ2) is 7.45. The van der Waals surface area contributed by atoms with Crippen LogP contribution in [0.4, 0.5) is 5.82 Å². The van der Waals surface area contributed by atoms with Crippen molar-refractivity contribution in [3.05, 3.63) is 53.9 Å². The number of amides is 2. The van der Waals surface area contributed by atoms with Gasteiger partial charge in [0.1, 0.15) is 5.76 Å². The molecule has 0 aliphatic rings. The van der Waals surface area contributed by atoms with Gasteiger partial charge in [-0.3, -0.25) is 9.59 Å². The average molecular weight is 367 g/mol. The summed E-state index contributed by atoms with van der Waals surface area (Å²) in [5.74, 6) is 0.624. The lowest BCUT2D eigenvalue weighted by molar-refractivity contribution is 0.0797. The SMILES string of the molecule is CC(C)n1cc(NC(=O)c2cccc(-c3ccc(C(=O)N(C)C)o3)c2)nn1. The molecule has 0 aliphatic carbocycles. The molecule has 27 heavy (non-hydrogen) atoms. The number of benzene rings is 1. The maximum absolute atomic E-state index is 12.5. The maximum Gasteiger partial charge on any atom is 0.289 e. The van der Waals surface area contributed by atoms with Crippen LogP contribution in [0, 0.1) is 0 Å². The number of carbonyl (C=O) groups is 2. The molecule has 0 saturated heterocycles. The van der Waals surface area contributed by atoms with E-state index >= 15 is 0 Å². The Bertz CT molecular complexity index is 971. The Morgan fingerprint density at radius 3 is 2.63 bits per heavy atom. The van der Waals surface area contributed by atoms with Crippen LogP contribution < -0.4 is 5.32 Å². The van der Waals surface area contributed by atoms with E-state index in [1.165, 1.54) is 4.90 Å². The second-order valence-corrected chi connectivity index (χ2v) is 6.58. The van der Waals surface area contributed by atoms with Crippen molar-refractivity contribution in [3.8, 4) is 11.3 Å². The van der Waals surface area contributed by atoms with E-state index in [0.717, 1.165) is 0 Å². The molecule has 3 rings (SSSR count). The quantitative estimate of drug-likeness (QED) is 0.748. The molecule has 3 aromatic rings. The standard InChI is InChI=1S/C19H21N5O3/c1-12(2)24-11-17(21-22-24)20-18(25)14-7-5-6-13(10-14)15-8-9-16(27-15)19(26)23(3)4/h5-12H,1-4H3,(H,20,25). The van der Waals surface area contributed by atoms with Crippen molar-refractivity contribution >= 4 is 17.6 Å². The third kappa shape index (κ3) is 4.05. The molecule has 0 aliphatic heterocycles. The minimum atomic E-state index is -0.302. The smallest absolute Gasteiger partial charge is 0.289 e. The molecular formula is C19H21N5O3. The fourth-order valence-electron chi connectivity index (χ4n) is 2.42. The number of hydrogen-bond donors (Lipinski definition) is 1. The Morgan fingerprint density at radius 1 is 1.19 bits per heavy atom. The van der Waals surface area contributed by atoms with Gasteiger partial charge in [-0.15, -0.1) is 5.10 Å². The molecule has 0 saturated carbocycles. The number of furan rings is 1. The van der Waals surface area contributed by atoms with Crippen molar-refractivity contribution in [1.29, 1.82) is 0 Å². The Hall–Kier alpha value is -3.42. The van der Waals surface area contributed by atoms with Crippen molar-refractivity contribution in [2.24, 2.45) is 0 Å². The molecule has 0 unspecified atom stereocenters. The summed E-state index contributed by atoms with van der Waals surface area (Å²) < 4.78 is 7.29. The van der Waals surface area contributed by atoms with Gasteiger partial charge in [0.2, 0.25) is 0 Å². The van der Waals surface area contributed by atoms with Gasteiger partial charge < -0.3 is 14.6 Å². The highest BCUT2D eigenvalue weighted by Crippen LogP contribution is 2.24. The lowest BCUT2D eigenvalue weighted by Crippen LogP contribution is -2.20. The van der Waals surface area contributed by atoms with Crippen molar-refractivity contribution in [3.63, 3.8) is 0 Å². The predicted octanol–water partition coefficient (Wildman–Crippen LogP) is 3.07. The van der Waals surface area contributed by atoms with Crippen molar-refractivity contribution in [2.45, 2.75) is 19.9 Å². The topological polar surface area (TPSA) is 93.3 Å². The van der Waals surface area contributed by atoms with E-state index in [-0.39, 0.29) is 23.6 Å². The summed E-state index contributed by atoms with van der Waals surface area (Å²) in [7, 11) is 3.32. The Balaban J connectivity index is 1.78. The van der Waals surface area contributed by atoms with Gasteiger partial charge in [-0.2, -0.15) is 0 Å². The first-order valence-electron chi connectivity index (χ1n) is 8.50. The van der Waals surface area contributed by atoms with E-state index in [9.17, 15) is 9.59 Å². The second-order valence-electron chi connectivity index (χ2n) is 6.58. The van der Waals surface area contributed by atoms with Gasteiger partial charge in [-0.05, 0) is 38.1 Å². The highest BCUT2D eigenvalue weighted by Gasteiger charge is 2.15. The third-order valence-corrected chi connectivity index (χ3v) is 3.91. The van der Waals surface area contributed by atoms with Crippen LogP contribution in [0.15, 0.2) is 47.0 Å². The molecule has 140 valence electrons. The molecule has 2 aromatic heterocycles. The minimum absolute atomic E-state index is 0.157. The number of carbonyl (C=O) groups excluding carboxylic acids is 2. The monoisotopic (exact) mass is 367 g/mol. The lowest BCUT2D eigenvalue weighted by Gasteiger charge is -2.07. The first-order valence-corrected chi connectivity index (χ1v) is 8.50. The molecule has 0 fully saturated rings. The largest absolute Gasteiger partial charge is 0.451 e. The normalized spacial score (nSPS) is 10.9. The van der Waals surface area contributed by atoms with Crippen molar-refractivity contribution in [2.75, 3.05) is 19.4 Å². The molecule has 0 bridgehead atoms. The molecule has 1 aromatic carbocycles. The van der Waals surface area contributed by atoms with E-state index in [0.29, 0.717) is 22.7 Å². The fourth-order valence-corrected chi connectivity index (χ4v) is 2.42. The van der Waals surface area contributed by atoms with Gasteiger partial charge >= 0.3 is 0 Å². The summed E-state index contributed by atoms with van der Waals surface area (Å²) in [6.45, 7) is 3.95. The van der Waals surface area contributed by atoms with E-state index in [1.54, 1.807) is 55.3 Å². The average Bonchev–Trinajstić information content (AvgIpc) is 3.30. The third-order valence-electron chi connectivity index (χ3n) is 3.91. The highest BCUT2D eigenvalue weighted by molar-refractivity contribution is 6.04. The van der Waals surface area contributed by atoms with Crippen molar-refractivity contribution in [1.82, 2.24) is 19.9 Å². The van der Waals surface area contributed by atoms with E-state index in [1.807, 2.05) is 19.9 Å². The number of rotatable bonds is 5. The minimum Gasteiger partial charge on any atom is -0.451 e. The first-order chi connectivity index (χ1) is 12.8. The van der Waals surface area contributed by atoms with Crippen LogP contribution in [-0.2, 0) is 0 Å². The van der Waals surface area contributed by atoms with Gasteiger partial charge in [-0.1, -0.05) is 17.3 Å². The molecule has 2 heterocycles. The zero-order chi connectivity index (χ0) is 19.6. The van der Waals surface area contributed by atoms with E-state index in [4.69, 9.17) is 4.42 Å². The predicted molar refractivity (Wildman–Crippen MR) is 101 cm³/mol. The molecule has 0 radical (unpaired) electrons. The molecule has 1 N–H and O–H groups in total. The van der Waals surface area contributed by atoms with Crippen LogP contribution in [0.25, 0.3) is 11.3 Å². The van der Waals surface area contributed by atoms with Crippen molar-refractivity contribution < 1.29 is 14.0 Å². The van der Waals surface area contributed by atoms with Gasteiger partial charge in [0.15, 0.2) is 11.6 Å². The Labute approximate surface area is 156 Å². The summed E-state index contributed by atoms with van der Waals surface area (Å²) in [4.78, 5) is 25.9. The summed E-state index contributed by atoms with van der Waals surface area (Å²) >= 11 is 0. The molecule has 8 heteroatoms. The summed E-state index contributed by atoms with van der Waals surface area (Å²) in [5, 5.41) is 10.6. The van der Waals surface area contributed by atoms with Gasteiger partial charge in [0, 0.05) is 31.3 Å². The van der Waals surface area contributed by atoms with E-state index in [2.05, 4.69) is 15.6 Å². The van der Waals surface area contributed by atoms with Gasteiger partial charge in [-0.25, -0.2) is 4.68 Å². The molecule has 2 amide bonds. The first kappa shape index (κ1) is 18.4. The molecule has 8 nitrogen and oxygen atoms in total. The Kier molecular flexibility index (Phi) is 5.07. The van der Waals surface area contributed by atoms with Crippen LogP contribution in [0.1, 0.15) is 40.8 Å². The maximum atomic E-state index is 12.5. The van der Waals surface area contributed by atoms with Crippen LogP contribution >= 0.6 is 0 Å². The number of hydrogen-bond acceptors (Lipinski definition) is 5. The highest BCUT2D eigenvalue weighted by atomic mass is 16.4. The zero-order valence-corrected chi connectivity index (χ0v) is 15.6. The lowest BCUT2D eigenvalue weighted by atomic mass is 10.1. The Morgan fingerprint density at radius 2 is 1.96 bits per heavy atom. The van der Waals surface area contributed by atoms with Crippen LogP contribution in [0.3, 0.4) is 0 Å². The van der Waals surface area contributed by atoms with Gasteiger partial charge in [0.25, 0.3) is 11.8 Å². The number of nitrogens with zero attached hydrogens (tertiary/aromatic N) is 4. The summed E-state index contributed by atoms with van der Waals surface area (Å²) in [6, 6.07) is 10.5. The number of nitrogens with one attached hydrogen (secondary N) is 1. The van der Waals surface area contributed by atoms with Crippen LogP contribution in [0.5, 0.6) is 0 Å². The fraction of sp³-hybridized carbons (Fsp3) is 0.263. The molecule has 0 atom stereocenters. The number of anilines is 1. The molecular weight excluding hydrogens is 346 g/mol.